The zero-order valence-corrected chi connectivity index (χ0v) is 10.7. The van der Waals surface area contributed by atoms with Crippen LogP contribution in [-0.2, 0) is 0 Å². The fraction of sp³-hybridized carbons (Fsp3) is 0.909. The smallest absolute Gasteiger partial charge is 0.0902 e. The van der Waals surface area contributed by atoms with Crippen molar-refractivity contribution in [1.29, 1.82) is 0 Å². The van der Waals surface area contributed by atoms with Gasteiger partial charge in [-0.25, -0.2) is 0 Å². The second-order valence-electron chi connectivity index (χ2n) is 4.12. The number of nitrogens with zero attached hydrogens (tertiary/aromatic N) is 2. The van der Waals surface area contributed by atoms with Gasteiger partial charge in [-0.05, 0) is 32.5 Å². The predicted octanol–water partition coefficient (Wildman–Crippen LogP) is 1.08. The molecule has 1 unspecified atom stereocenters. The van der Waals surface area contributed by atoms with Crippen molar-refractivity contribution >= 4 is 17.2 Å². The number of likely N-dealkylation sites (N-methyl/N-ethyl adjacent to an activating group) is 1. The molecule has 0 saturated carbocycles. The van der Waals surface area contributed by atoms with Crippen LogP contribution in [-0.4, -0.2) is 53.6 Å². The summed E-state index contributed by atoms with van der Waals surface area (Å²) in [5.41, 5.74) is 5.74. The molecule has 1 atom stereocenters. The molecular formula is C11H23N3S. The van der Waals surface area contributed by atoms with E-state index in [2.05, 4.69) is 23.6 Å². The van der Waals surface area contributed by atoms with E-state index in [4.69, 9.17) is 18.0 Å². The molecule has 0 aliphatic carbocycles. The molecule has 0 bridgehead atoms. The van der Waals surface area contributed by atoms with Crippen LogP contribution in [0.2, 0.25) is 0 Å². The van der Waals surface area contributed by atoms with Crippen LogP contribution in [0, 0.1) is 0 Å². The predicted molar refractivity (Wildman–Crippen MR) is 69.2 cm³/mol. The molecule has 1 saturated heterocycles. The maximum atomic E-state index is 5.74. The minimum Gasteiger partial charge on any atom is -0.392 e. The Kier molecular flexibility index (Phi) is 5.50. The summed E-state index contributed by atoms with van der Waals surface area (Å²) in [5, 5.41) is 0. The van der Waals surface area contributed by atoms with E-state index < -0.39 is 0 Å². The van der Waals surface area contributed by atoms with Crippen LogP contribution in [0.3, 0.4) is 0 Å². The average Bonchev–Trinajstić information content (AvgIpc) is 2.67. The first-order valence-corrected chi connectivity index (χ1v) is 6.35. The number of likely N-dealkylation sites (tertiary alicyclic amines) is 1. The first-order valence-electron chi connectivity index (χ1n) is 5.94. The van der Waals surface area contributed by atoms with Crippen molar-refractivity contribution in [3.05, 3.63) is 0 Å². The lowest BCUT2D eigenvalue weighted by molar-refractivity contribution is 0.226. The molecule has 1 rings (SSSR count). The fourth-order valence-electron chi connectivity index (χ4n) is 2.23. The highest BCUT2D eigenvalue weighted by Crippen LogP contribution is 2.16. The van der Waals surface area contributed by atoms with Gasteiger partial charge in [-0.15, -0.1) is 0 Å². The molecule has 0 aromatic rings. The molecular weight excluding hydrogens is 206 g/mol. The van der Waals surface area contributed by atoms with Crippen molar-refractivity contribution in [2.24, 2.45) is 5.73 Å². The van der Waals surface area contributed by atoms with Crippen molar-refractivity contribution in [2.75, 3.05) is 32.7 Å². The normalized spacial score (nSPS) is 22.5. The van der Waals surface area contributed by atoms with Gasteiger partial charge in [0.2, 0.25) is 0 Å². The molecule has 0 radical (unpaired) electrons. The molecule has 1 fully saturated rings. The van der Waals surface area contributed by atoms with Crippen molar-refractivity contribution in [3.8, 4) is 0 Å². The molecule has 1 aliphatic rings. The van der Waals surface area contributed by atoms with E-state index in [1.54, 1.807) is 0 Å². The Balaban J connectivity index is 2.34. The van der Waals surface area contributed by atoms with Gasteiger partial charge in [0.15, 0.2) is 0 Å². The first-order chi connectivity index (χ1) is 7.19. The van der Waals surface area contributed by atoms with E-state index in [9.17, 15) is 0 Å². The summed E-state index contributed by atoms with van der Waals surface area (Å²) in [6.07, 6.45) is 2.38. The quantitative estimate of drug-likeness (QED) is 0.691. The van der Waals surface area contributed by atoms with Gasteiger partial charge >= 0.3 is 0 Å². The Bertz CT molecular complexity index is 204. The molecule has 1 heterocycles. The Labute approximate surface area is 98.6 Å². The van der Waals surface area contributed by atoms with Crippen LogP contribution < -0.4 is 5.73 Å². The molecule has 88 valence electrons. The van der Waals surface area contributed by atoms with E-state index in [1.807, 2.05) is 0 Å². The molecule has 0 aromatic heterocycles. The van der Waals surface area contributed by atoms with Crippen LogP contribution >= 0.6 is 12.2 Å². The number of hydrogen-bond acceptors (Lipinski definition) is 3. The minimum absolute atomic E-state index is 0.357. The van der Waals surface area contributed by atoms with Gasteiger partial charge < -0.3 is 10.6 Å². The third-order valence-electron chi connectivity index (χ3n) is 3.29. The Morgan fingerprint density at radius 1 is 1.47 bits per heavy atom. The molecule has 0 spiro atoms. The summed E-state index contributed by atoms with van der Waals surface area (Å²) in [7, 11) is 0. The lowest BCUT2D eigenvalue weighted by Crippen LogP contribution is -2.43. The van der Waals surface area contributed by atoms with Gasteiger partial charge in [-0.1, -0.05) is 26.1 Å². The maximum absolute atomic E-state index is 5.74. The Morgan fingerprint density at radius 2 is 2.13 bits per heavy atom. The van der Waals surface area contributed by atoms with Crippen molar-refractivity contribution < 1.29 is 0 Å². The number of hydrogen-bond donors (Lipinski definition) is 1. The second kappa shape index (κ2) is 6.40. The minimum atomic E-state index is 0.357. The fourth-order valence-corrected chi connectivity index (χ4v) is 2.49. The summed E-state index contributed by atoms with van der Waals surface area (Å²) in [6, 6.07) is 0.357. The van der Waals surface area contributed by atoms with Crippen LogP contribution in [0.5, 0.6) is 0 Å². The Morgan fingerprint density at radius 3 is 2.67 bits per heavy atom. The number of rotatable bonds is 6. The lowest BCUT2D eigenvalue weighted by atomic mass is 10.2. The van der Waals surface area contributed by atoms with Gasteiger partial charge in [0, 0.05) is 13.1 Å². The topological polar surface area (TPSA) is 32.5 Å². The first kappa shape index (κ1) is 12.9. The van der Waals surface area contributed by atoms with E-state index in [1.165, 1.54) is 6.42 Å². The summed E-state index contributed by atoms with van der Waals surface area (Å²) in [6.45, 7) is 10.1. The largest absolute Gasteiger partial charge is 0.392 e. The molecule has 2 N–H and O–H groups in total. The molecule has 15 heavy (non-hydrogen) atoms. The second-order valence-corrected chi connectivity index (χ2v) is 4.59. The zero-order valence-electron chi connectivity index (χ0n) is 9.91. The van der Waals surface area contributed by atoms with Gasteiger partial charge in [0.25, 0.3) is 0 Å². The third-order valence-corrected chi connectivity index (χ3v) is 3.56. The van der Waals surface area contributed by atoms with E-state index in [0.717, 1.165) is 39.1 Å². The molecule has 1 aliphatic heterocycles. The standard InChI is InChI=1S/C11H23N3S/c1-3-13(4-2)8-9-14-7-5-6-10(14)11(12)15/h10H,3-9H2,1-2H3,(H2,12,15). The third kappa shape index (κ3) is 3.70. The van der Waals surface area contributed by atoms with Crippen molar-refractivity contribution in [3.63, 3.8) is 0 Å². The van der Waals surface area contributed by atoms with E-state index in [0.29, 0.717) is 11.0 Å². The highest BCUT2D eigenvalue weighted by molar-refractivity contribution is 7.80. The highest BCUT2D eigenvalue weighted by Gasteiger charge is 2.26. The summed E-state index contributed by atoms with van der Waals surface area (Å²) >= 11 is 5.09. The van der Waals surface area contributed by atoms with E-state index >= 15 is 0 Å². The van der Waals surface area contributed by atoms with Crippen molar-refractivity contribution in [2.45, 2.75) is 32.7 Å². The van der Waals surface area contributed by atoms with Crippen LogP contribution in [0.1, 0.15) is 26.7 Å². The monoisotopic (exact) mass is 229 g/mol. The Hall–Kier alpha value is -0.190. The SMILES string of the molecule is CCN(CC)CCN1CCCC1C(N)=S. The average molecular weight is 229 g/mol. The summed E-state index contributed by atoms with van der Waals surface area (Å²) < 4.78 is 0. The maximum Gasteiger partial charge on any atom is 0.0902 e. The molecule has 0 aromatic carbocycles. The van der Waals surface area contributed by atoms with Crippen LogP contribution in [0.15, 0.2) is 0 Å². The number of thiocarbonyl (C=S) groups is 1. The van der Waals surface area contributed by atoms with Gasteiger partial charge in [0.05, 0.1) is 11.0 Å². The van der Waals surface area contributed by atoms with Crippen molar-refractivity contribution in [1.82, 2.24) is 9.80 Å². The summed E-state index contributed by atoms with van der Waals surface area (Å²) in [5.74, 6) is 0. The number of nitrogens with two attached hydrogens (primary N) is 1. The van der Waals surface area contributed by atoms with E-state index in [-0.39, 0.29) is 0 Å². The highest BCUT2D eigenvalue weighted by atomic mass is 32.1. The van der Waals surface area contributed by atoms with Gasteiger partial charge in [-0.2, -0.15) is 0 Å². The molecule has 4 heteroatoms. The van der Waals surface area contributed by atoms with Gasteiger partial charge in [-0.3, -0.25) is 4.90 Å². The van der Waals surface area contributed by atoms with Crippen LogP contribution in [0.25, 0.3) is 0 Å². The molecule has 0 amide bonds. The molecule has 3 nitrogen and oxygen atoms in total. The summed E-state index contributed by atoms with van der Waals surface area (Å²) in [4.78, 5) is 5.54. The lowest BCUT2D eigenvalue weighted by Gasteiger charge is -2.26. The zero-order chi connectivity index (χ0) is 11.3. The van der Waals surface area contributed by atoms with Gasteiger partial charge in [0.1, 0.15) is 0 Å². The van der Waals surface area contributed by atoms with Crippen LogP contribution in [0.4, 0.5) is 0 Å².